The number of aliphatic imine (C=N–C) groups is 1. The van der Waals surface area contributed by atoms with Crippen LogP contribution in [0.5, 0.6) is 0 Å². The highest BCUT2D eigenvalue weighted by molar-refractivity contribution is 6.14. The third kappa shape index (κ3) is 3.64. The molecular formula is C18H22N2O2. The summed E-state index contributed by atoms with van der Waals surface area (Å²) < 4.78 is 5.36. The SMILES string of the molecule is CC/C(C)=C/C(OC)=C1\CN=C(c2ccc(C)cc2)NC1=O. The highest BCUT2D eigenvalue weighted by Gasteiger charge is 2.22. The molecule has 0 atom stereocenters. The number of carbonyl (C=O) groups is 1. The van der Waals surface area contributed by atoms with E-state index < -0.39 is 0 Å². The minimum atomic E-state index is -0.150. The predicted octanol–water partition coefficient (Wildman–Crippen LogP) is 3.13. The molecule has 0 aromatic heterocycles. The lowest BCUT2D eigenvalue weighted by Gasteiger charge is -2.18. The molecule has 1 aromatic carbocycles. The van der Waals surface area contributed by atoms with Crippen LogP contribution in [0, 0.1) is 6.92 Å². The van der Waals surface area contributed by atoms with Gasteiger partial charge in [-0.25, -0.2) is 0 Å². The highest BCUT2D eigenvalue weighted by atomic mass is 16.5. The van der Waals surface area contributed by atoms with E-state index in [4.69, 9.17) is 4.74 Å². The molecule has 1 amide bonds. The molecule has 1 aromatic rings. The fourth-order valence-electron chi connectivity index (χ4n) is 2.11. The van der Waals surface area contributed by atoms with Crippen LogP contribution in [0.1, 0.15) is 31.4 Å². The normalized spacial score (nSPS) is 17.7. The summed E-state index contributed by atoms with van der Waals surface area (Å²) in [5.41, 5.74) is 3.81. The number of hydrogen-bond donors (Lipinski definition) is 1. The summed E-state index contributed by atoms with van der Waals surface area (Å²) in [7, 11) is 1.58. The number of benzene rings is 1. The number of ether oxygens (including phenoxy) is 1. The van der Waals surface area contributed by atoms with E-state index in [1.54, 1.807) is 7.11 Å². The number of nitrogens with zero attached hydrogens (tertiary/aromatic N) is 1. The van der Waals surface area contributed by atoms with Gasteiger partial charge in [0.2, 0.25) is 0 Å². The average Bonchev–Trinajstić information content (AvgIpc) is 2.53. The van der Waals surface area contributed by atoms with E-state index in [1.165, 1.54) is 5.56 Å². The molecule has 1 aliphatic rings. The Morgan fingerprint density at radius 2 is 2.05 bits per heavy atom. The molecule has 1 N–H and O–H groups in total. The monoisotopic (exact) mass is 298 g/mol. The van der Waals surface area contributed by atoms with Crippen LogP contribution in [0.3, 0.4) is 0 Å². The smallest absolute Gasteiger partial charge is 0.258 e. The van der Waals surface area contributed by atoms with E-state index in [1.807, 2.05) is 44.2 Å². The molecule has 1 heterocycles. The molecule has 22 heavy (non-hydrogen) atoms. The topological polar surface area (TPSA) is 50.7 Å². The first kappa shape index (κ1) is 16.0. The van der Waals surface area contributed by atoms with E-state index in [2.05, 4.69) is 17.2 Å². The largest absolute Gasteiger partial charge is 0.496 e. The second-order valence-electron chi connectivity index (χ2n) is 5.38. The van der Waals surface area contributed by atoms with Crippen molar-refractivity contribution in [1.29, 1.82) is 0 Å². The number of methoxy groups -OCH3 is 1. The zero-order valence-corrected chi connectivity index (χ0v) is 13.6. The van der Waals surface area contributed by atoms with Gasteiger partial charge in [-0.15, -0.1) is 0 Å². The molecule has 116 valence electrons. The summed E-state index contributed by atoms with van der Waals surface area (Å²) >= 11 is 0. The standard InChI is InChI=1S/C18H22N2O2/c1-5-12(2)10-16(22-4)15-11-19-17(20-18(15)21)14-8-6-13(3)7-9-14/h6-10H,5,11H2,1-4H3,(H,19,20,21)/b12-10+,16-15-. The number of rotatable bonds is 4. The number of amides is 1. The molecule has 0 radical (unpaired) electrons. The summed E-state index contributed by atoms with van der Waals surface area (Å²) in [6.07, 6.45) is 2.82. The molecule has 0 aliphatic carbocycles. The molecule has 4 nitrogen and oxygen atoms in total. The third-order valence-corrected chi connectivity index (χ3v) is 3.68. The van der Waals surface area contributed by atoms with Crippen LogP contribution >= 0.6 is 0 Å². The number of amidine groups is 1. The Labute approximate surface area is 131 Å². The van der Waals surface area contributed by atoms with Crippen molar-refractivity contribution in [1.82, 2.24) is 5.32 Å². The first-order chi connectivity index (χ1) is 10.5. The Balaban J connectivity index is 2.30. The second-order valence-corrected chi connectivity index (χ2v) is 5.38. The summed E-state index contributed by atoms with van der Waals surface area (Å²) in [5, 5.41) is 2.85. The van der Waals surface area contributed by atoms with Gasteiger partial charge in [0.1, 0.15) is 11.6 Å². The summed E-state index contributed by atoms with van der Waals surface area (Å²) in [6, 6.07) is 7.93. The number of nitrogens with one attached hydrogen (secondary N) is 1. The Bertz CT molecular complexity index is 652. The van der Waals surface area contributed by atoms with E-state index >= 15 is 0 Å². The molecule has 0 saturated heterocycles. The van der Waals surface area contributed by atoms with Gasteiger partial charge in [-0.2, -0.15) is 0 Å². The van der Waals surface area contributed by atoms with Crippen LogP contribution in [0.4, 0.5) is 0 Å². The molecule has 0 saturated carbocycles. The van der Waals surface area contributed by atoms with Crippen LogP contribution in [-0.2, 0) is 9.53 Å². The molecule has 4 heteroatoms. The van der Waals surface area contributed by atoms with Gasteiger partial charge in [-0.1, -0.05) is 42.3 Å². The number of hydrogen-bond acceptors (Lipinski definition) is 3. The van der Waals surface area contributed by atoms with Gasteiger partial charge in [-0.05, 0) is 26.3 Å². The maximum atomic E-state index is 12.4. The van der Waals surface area contributed by atoms with Crippen LogP contribution < -0.4 is 5.32 Å². The first-order valence-corrected chi connectivity index (χ1v) is 7.42. The van der Waals surface area contributed by atoms with Gasteiger partial charge in [0.25, 0.3) is 5.91 Å². The Morgan fingerprint density at radius 3 is 2.59 bits per heavy atom. The quantitative estimate of drug-likeness (QED) is 0.686. The number of carbonyl (C=O) groups excluding carboxylic acids is 1. The van der Waals surface area contributed by atoms with E-state index in [-0.39, 0.29) is 5.91 Å². The van der Waals surface area contributed by atoms with Crippen molar-refractivity contribution >= 4 is 11.7 Å². The van der Waals surface area contributed by atoms with Crippen LogP contribution in [0.15, 0.2) is 52.2 Å². The van der Waals surface area contributed by atoms with Crippen molar-refractivity contribution in [2.24, 2.45) is 4.99 Å². The van der Waals surface area contributed by atoms with Gasteiger partial charge in [-0.3, -0.25) is 9.79 Å². The molecule has 0 bridgehead atoms. The Kier molecular flexibility index (Phi) is 5.15. The minimum Gasteiger partial charge on any atom is -0.496 e. The molecule has 0 spiro atoms. The van der Waals surface area contributed by atoms with Crippen molar-refractivity contribution in [3.05, 3.63) is 58.4 Å². The molecule has 0 fully saturated rings. The zero-order valence-electron chi connectivity index (χ0n) is 13.6. The average molecular weight is 298 g/mol. The Hall–Kier alpha value is -2.36. The molecule has 2 rings (SSSR count). The van der Waals surface area contributed by atoms with E-state index in [0.29, 0.717) is 23.7 Å². The van der Waals surface area contributed by atoms with Crippen molar-refractivity contribution in [2.45, 2.75) is 27.2 Å². The second kappa shape index (κ2) is 7.07. The predicted molar refractivity (Wildman–Crippen MR) is 88.8 cm³/mol. The lowest BCUT2D eigenvalue weighted by Crippen LogP contribution is -2.38. The lowest BCUT2D eigenvalue weighted by atomic mass is 10.1. The Morgan fingerprint density at radius 1 is 1.36 bits per heavy atom. The van der Waals surface area contributed by atoms with Crippen LogP contribution in [0.2, 0.25) is 0 Å². The van der Waals surface area contributed by atoms with Gasteiger partial charge in [0.15, 0.2) is 0 Å². The van der Waals surface area contributed by atoms with E-state index in [9.17, 15) is 4.79 Å². The maximum Gasteiger partial charge on any atom is 0.258 e. The number of aryl methyl sites for hydroxylation is 1. The van der Waals surface area contributed by atoms with Crippen molar-refractivity contribution in [3.8, 4) is 0 Å². The van der Waals surface area contributed by atoms with Crippen molar-refractivity contribution in [3.63, 3.8) is 0 Å². The molecule has 1 aliphatic heterocycles. The summed E-state index contributed by atoms with van der Waals surface area (Å²) in [6.45, 7) is 6.44. The van der Waals surface area contributed by atoms with E-state index in [0.717, 1.165) is 17.6 Å². The van der Waals surface area contributed by atoms with Crippen LogP contribution in [-0.4, -0.2) is 25.4 Å². The minimum absolute atomic E-state index is 0.150. The van der Waals surface area contributed by atoms with Gasteiger partial charge >= 0.3 is 0 Å². The molecular weight excluding hydrogens is 276 g/mol. The van der Waals surface area contributed by atoms with Gasteiger partial charge < -0.3 is 10.1 Å². The number of allylic oxidation sites excluding steroid dienone is 2. The van der Waals surface area contributed by atoms with Gasteiger partial charge in [0.05, 0.1) is 19.2 Å². The lowest BCUT2D eigenvalue weighted by molar-refractivity contribution is -0.116. The van der Waals surface area contributed by atoms with Crippen molar-refractivity contribution in [2.75, 3.05) is 13.7 Å². The van der Waals surface area contributed by atoms with Crippen molar-refractivity contribution < 1.29 is 9.53 Å². The summed E-state index contributed by atoms with van der Waals surface area (Å²) in [4.78, 5) is 16.8. The fraction of sp³-hybridized carbons (Fsp3) is 0.333. The fourth-order valence-corrected chi connectivity index (χ4v) is 2.11. The third-order valence-electron chi connectivity index (χ3n) is 3.68. The maximum absolute atomic E-state index is 12.4. The van der Waals surface area contributed by atoms with Crippen LogP contribution in [0.25, 0.3) is 0 Å². The summed E-state index contributed by atoms with van der Waals surface area (Å²) in [5.74, 6) is 1.05. The molecule has 0 unspecified atom stereocenters. The first-order valence-electron chi connectivity index (χ1n) is 7.42. The van der Waals surface area contributed by atoms with Gasteiger partial charge in [0, 0.05) is 5.56 Å². The zero-order chi connectivity index (χ0) is 16.1. The highest BCUT2D eigenvalue weighted by Crippen LogP contribution is 2.16.